The minimum atomic E-state index is -4.54. The van der Waals surface area contributed by atoms with Gasteiger partial charge < -0.3 is 14.2 Å². The van der Waals surface area contributed by atoms with E-state index in [0.717, 1.165) is 0 Å². The van der Waals surface area contributed by atoms with Crippen molar-refractivity contribution in [3.8, 4) is 0 Å². The molecule has 4 aliphatic rings. The van der Waals surface area contributed by atoms with Crippen molar-refractivity contribution in [3.63, 3.8) is 0 Å². The summed E-state index contributed by atoms with van der Waals surface area (Å²) in [6.07, 6.45) is -11.3. The summed E-state index contributed by atoms with van der Waals surface area (Å²) in [7, 11) is 0. The Bertz CT molecular complexity index is 815. The fourth-order valence-electron chi connectivity index (χ4n) is 6.03. The molecule has 0 heterocycles. The first-order chi connectivity index (χ1) is 15.5. The van der Waals surface area contributed by atoms with E-state index in [1.165, 1.54) is 6.92 Å². The molecule has 0 aromatic rings. The van der Waals surface area contributed by atoms with Crippen molar-refractivity contribution in [2.24, 2.45) is 16.7 Å². The van der Waals surface area contributed by atoms with Gasteiger partial charge in [0.2, 0.25) is 0 Å². The molecule has 4 fully saturated rings. The lowest BCUT2D eigenvalue weighted by Crippen LogP contribution is -2.65. The van der Waals surface area contributed by atoms with Crippen LogP contribution in [0.2, 0.25) is 0 Å². The maximum Gasteiger partial charge on any atom is 0.392 e. The number of rotatable bonds is 8. The highest BCUT2D eigenvalue weighted by Gasteiger charge is 2.70. The summed E-state index contributed by atoms with van der Waals surface area (Å²) in [5.74, 6) is -2.98. The molecular weight excluding hydrogens is 474 g/mol. The monoisotopic (exact) mass is 500 g/mol. The first-order valence-electron chi connectivity index (χ1n) is 10.9. The molecule has 4 rings (SSSR count). The lowest BCUT2D eigenvalue weighted by Gasteiger charge is -2.63. The Hall–Kier alpha value is -2.27. The molecule has 2 unspecified atom stereocenters. The van der Waals surface area contributed by atoms with Crippen LogP contribution in [0.15, 0.2) is 12.2 Å². The Morgan fingerprint density at radius 1 is 0.824 bits per heavy atom. The number of ether oxygens (including phenoxy) is 3. The summed E-state index contributed by atoms with van der Waals surface area (Å²) < 4.78 is 90.6. The minimum Gasteiger partial charge on any atom is -0.465 e. The summed E-state index contributed by atoms with van der Waals surface area (Å²) in [5, 5.41) is 0. The predicted octanol–water partition coefficient (Wildman–Crippen LogP) is 4.81. The van der Waals surface area contributed by atoms with Gasteiger partial charge in [-0.1, -0.05) is 6.58 Å². The Labute approximate surface area is 192 Å². The smallest absolute Gasteiger partial charge is 0.392 e. The van der Waals surface area contributed by atoms with Crippen molar-refractivity contribution in [2.75, 3.05) is 13.2 Å². The highest BCUT2D eigenvalue weighted by Crippen LogP contribution is 2.68. The molecule has 0 N–H and O–H groups in total. The normalized spacial score (nSPS) is 32.3. The van der Waals surface area contributed by atoms with E-state index >= 15 is 0 Å². The topological polar surface area (TPSA) is 78.9 Å². The second-order valence-corrected chi connectivity index (χ2v) is 9.92. The van der Waals surface area contributed by atoms with Crippen LogP contribution in [0, 0.1) is 16.7 Å². The Kier molecular flexibility index (Phi) is 6.77. The van der Waals surface area contributed by atoms with Gasteiger partial charge in [0.05, 0.1) is 36.9 Å². The fourth-order valence-corrected chi connectivity index (χ4v) is 6.03. The molecule has 0 aromatic heterocycles. The van der Waals surface area contributed by atoms with Gasteiger partial charge in [-0.05, 0) is 38.5 Å². The number of carbonyl (C=O) groups excluding carboxylic acids is 3. The van der Waals surface area contributed by atoms with Crippen LogP contribution in [-0.2, 0) is 28.6 Å². The number of esters is 3. The quantitative estimate of drug-likeness (QED) is 0.206. The molecule has 0 aromatic carbocycles. The van der Waals surface area contributed by atoms with Crippen LogP contribution in [0.4, 0.5) is 26.3 Å². The molecule has 0 aliphatic heterocycles. The van der Waals surface area contributed by atoms with Crippen molar-refractivity contribution in [1.29, 1.82) is 0 Å². The van der Waals surface area contributed by atoms with E-state index in [1.54, 1.807) is 0 Å². The fraction of sp³-hybridized carbons (Fsp3) is 0.773. The molecule has 2 atom stereocenters. The zero-order valence-corrected chi connectivity index (χ0v) is 18.6. The van der Waals surface area contributed by atoms with Gasteiger partial charge >= 0.3 is 30.3 Å². The largest absolute Gasteiger partial charge is 0.465 e. The molecule has 0 radical (unpaired) electrons. The van der Waals surface area contributed by atoms with E-state index in [1.807, 2.05) is 0 Å². The molecular formula is C22H26F6O6. The first-order valence-corrected chi connectivity index (χ1v) is 10.9. The molecule has 34 heavy (non-hydrogen) atoms. The standard InChI is InChI=1S/C22H26F6O6/c1-13(2)15(29)34-20-9-14-7-18(11-20,16(30)32-5-3-21(23,24)25)10-19(8-14,12-20)17(31)33-6-4-22(26,27)28/h14H,1,3-12H2,2H3. The Morgan fingerprint density at radius 2 is 1.26 bits per heavy atom. The molecule has 12 heteroatoms. The highest BCUT2D eigenvalue weighted by molar-refractivity contribution is 5.88. The van der Waals surface area contributed by atoms with E-state index in [-0.39, 0.29) is 43.6 Å². The lowest BCUT2D eigenvalue weighted by molar-refractivity contribution is -0.235. The van der Waals surface area contributed by atoms with E-state index in [4.69, 9.17) is 14.2 Å². The van der Waals surface area contributed by atoms with Crippen LogP contribution < -0.4 is 0 Å². The molecule has 6 nitrogen and oxygen atoms in total. The molecule has 0 spiro atoms. The van der Waals surface area contributed by atoms with Crippen LogP contribution in [0.3, 0.4) is 0 Å². The third kappa shape index (κ3) is 5.68. The second-order valence-electron chi connectivity index (χ2n) is 9.92. The van der Waals surface area contributed by atoms with Crippen molar-refractivity contribution in [2.45, 2.75) is 76.2 Å². The number of hydrogen-bond donors (Lipinski definition) is 0. The van der Waals surface area contributed by atoms with E-state index in [9.17, 15) is 40.7 Å². The predicted molar refractivity (Wildman–Crippen MR) is 103 cm³/mol. The van der Waals surface area contributed by atoms with Crippen molar-refractivity contribution >= 4 is 17.9 Å². The average Bonchev–Trinajstić information content (AvgIpc) is 2.64. The third-order valence-corrected chi connectivity index (χ3v) is 6.78. The van der Waals surface area contributed by atoms with Crippen LogP contribution in [0.1, 0.15) is 58.3 Å². The molecule has 4 saturated carbocycles. The van der Waals surface area contributed by atoms with Crippen LogP contribution in [-0.4, -0.2) is 49.1 Å². The summed E-state index contributed by atoms with van der Waals surface area (Å²) in [6, 6.07) is 0. The summed E-state index contributed by atoms with van der Waals surface area (Å²) >= 11 is 0. The average molecular weight is 500 g/mol. The van der Waals surface area contributed by atoms with E-state index < -0.39 is 72.7 Å². The minimum absolute atomic E-state index is 0.0576. The molecule has 0 amide bonds. The van der Waals surface area contributed by atoms with Crippen molar-refractivity contribution in [3.05, 3.63) is 12.2 Å². The van der Waals surface area contributed by atoms with Gasteiger partial charge in [-0.3, -0.25) is 9.59 Å². The number of carbonyl (C=O) groups is 3. The van der Waals surface area contributed by atoms with Gasteiger partial charge in [0, 0.05) is 18.4 Å². The lowest BCUT2D eigenvalue weighted by atomic mass is 9.42. The summed E-state index contributed by atoms with van der Waals surface area (Å²) in [6.45, 7) is 3.11. The van der Waals surface area contributed by atoms with Gasteiger partial charge in [-0.2, -0.15) is 26.3 Å². The zero-order valence-electron chi connectivity index (χ0n) is 18.6. The maximum atomic E-state index is 13.0. The highest BCUT2D eigenvalue weighted by atomic mass is 19.4. The van der Waals surface area contributed by atoms with Gasteiger partial charge in [-0.25, -0.2) is 4.79 Å². The van der Waals surface area contributed by atoms with Crippen LogP contribution in [0.25, 0.3) is 0 Å². The Morgan fingerprint density at radius 3 is 1.65 bits per heavy atom. The molecule has 0 saturated heterocycles. The van der Waals surface area contributed by atoms with Gasteiger partial charge in [0.1, 0.15) is 5.60 Å². The number of alkyl halides is 6. The molecule has 4 bridgehead atoms. The van der Waals surface area contributed by atoms with Crippen LogP contribution in [0.5, 0.6) is 0 Å². The van der Waals surface area contributed by atoms with Crippen LogP contribution >= 0.6 is 0 Å². The van der Waals surface area contributed by atoms with E-state index in [0.29, 0.717) is 6.42 Å². The maximum absolute atomic E-state index is 13.0. The molecule has 4 aliphatic carbocycles. The zero-order chi connectivity index (χ0) is 25.6. The van der Waals surface area contributed by atoms with Gasteiger partial charge in [0.25, 0.3) is 0 Å². The summed E-state index contributed by atoms with van der Waals surface area (Å²) in [4.78, 5) is 38.3. The summed E-state index contributed by atoms with van der Waals surface area (Å²) in [5.41, 5.74) is -4.06. The molecule has 192 valence electrons. The van der Waals surface area contributed by atoms with E-state index in [2.05, 4.69) is 6.58 Å². The van der Waals surface area contributed by atoms with Crippen molar-refractivity contribution < 1.29 is 54.9 Å². The SMILES string of the molecule is C=C(C)C(=O)OC12CC3CC(C(=O)OCCC(F)(F)F)(C1)CC(C(=O)OCCC(F)(F)F)(C3)C2. The number of hydrogen-bond acceptors (Lipinski definition) is 6. The first kappa shape index (κ1) is 26.3. The van der Waals surface area contributed by atoms with Gasteiger partial charge in [-0.15, -0.1) is 0 Å². The third-order valence-electron chi connectivity index (χ3n) is 6.78. The second kappa shape index (κ2) is 8.75. The number of halogens is 6. The Balaban J connectivity index is 1.86. The van der Waals surface area contributed by atoms with Gasteiger partial charge in [0.15, 0.2) is 0 Å². The van der Waals surface area contributed by atoms with Crippen molar-refractivity contribution in [1.82, 2.24) is 0 Å².